The van der Waals surface area contributed by atoms with Crippen molar-refractivity contribution in [2.45, 2.75) is 0 Å². The highest BCUT2D eigenvalue weighted by molar-refractivity contribution is 6.03. The molecule has 0 heterocycles. The van der Waals surface area contributed by atoms with Crippen LogP contribution in [-0.2, 0) is 0 Å². The van der Waals surface area contributed by atoms with Gasteiger partial charge in [-0.05, 0) is 23.6 Å². The highest BCUT2D eigenvalue weighted by Gasteiger charge is 2.14. The Kier molecular flexibility index (Phi) is 5.64. The first kappa shape index (κ1) is 19.0. The van der Waals surface area contributed by atoms with Gasteiger partial charge in [-0.1, -0.05) is 30.3 Å². The van der Waals surface area contributed by atoms with Crippen molar-refractivity contribution < 1.29 is 24.1 Å². The van der Waals surface area contributed by atoms with E-state index in [1.54, 1.807) is 36.4 Å². The lowest BCUT2D eigenvalue weighted by Gasteiger charge is -2.12. The number of nitrogens with zero attached hydrogens (tertiary/aromatic N) is 1. The maximum atomic E-state index is 12.4. The standard InChI is InChI=1S/C21H20N2O5/c1-26-17-10-13(11-18(27-2)20(17)28-3)12-22-23-21(25)16-9-8-14-6-4-5-7-15(14)19(16)24/h4-12,24H,1-3H3,(H,23,25)/b22-12+. The lowest BCUT2D eigenvalue weighted by atomic mass is 10.1. The van der Waals surface area contributed by atoms with Crippen LogP contribution in [0.2, 0.25) is 0 Å². The summed E-state index contributed by atoms with van der Waals surface area (Å²) in [6, 6.07) is 14.0. The number of ether oxygens (including phenoxy) is 3. The van der Waals surface area contributed by atoms with Crippen LogP contribution in [0.15, 0.2) is 53.6 Å². The van der Waals surface area contributed by atoms with Gasteiger partial charge in [0.15, 0.2) is 11.5 Å². The van der Waals surface area contributed by atoms with Crippen LogP contribution in [0, 0.1) is 0 Å². The van der Waals surface area contributed by atoms with E-state index in [9.17, 15) is 9.90 Å². The number of hydrogen-bond donors (Lipinski definition) is 2. The van der Waals surface area contributed by atoms with Crippen molar-refractivity contribution in [3.8, 4) is 23.0 Å². The molecule has 3 aromatic carbocycles. The molecule has 1 amide bonds. The number of hydrogen-bond acceptors (Lipinski definition) is 6. The van der Waals surface area contributed by atoms with Crippen LogP contribution in [-0.4, -0.2) is 38.6 Å². The molecular formula is C21H20N2O5. The fourth-order valence-corrected chi connectivity index (χ4v) is 2.84. The third kappa shape index (κ3) is 3.68. The molecule has 0 spiro atoms. The van der Waals surface area contributed by atoms with Crippen molar-refractivity contribution >= 4 is 22.9 Å². The molecule has 28 heavy (non-hydrogen) atoms. The van der Waals surface area contributed by atoms with Crippen molar-refractivity contribution in [2.24, 2.45) is 5.10 Å². The van der Waals surface area contributed by atoms with Gasteiger partial charge >= 0.3 is 0 Å². The fourth-order valence-electron chi connectivity index (χ4n) is 2.84. The topological polar surface area (TPSA) is 89.4 Å². The molecule has 3 aromatic rings. The van der Waals surface area contributed by atoms with Crippen LogP contribution in [0.3, 0.4) is 0 Å². The van der Waals surface area contributed by atoms with E-state index in [4.69, 9.17) is 14.2 Å². The second-order valence-electron chi connectivity index (χ2n) is 5.84. The molecule has 0 aliphatic heterocycles. The van der Waals surface area contributed by atoms with Crippen LogP contribution in [0.1, 0.15) is 15.9 Å². The first-order chi connectivity index (χ1) is 13.6. The summed E-state index contributed by atoms with van der Waals surface area (Å²) in [7, 11) is 4.55. The molecule has 0 saturated heterocycles. The van der Waals surface area contributed by atoms with Crippen LogP contribution in [0.5, 0.6) is 23.0 Å². The zero-order valence-corrected chi connectivity index (χ0v) is 15.7. The number of aromatic hydroxyl groups is 1. The number of phenolic OH excluding ortho intramolecular Hbond substituents is 1. The zero-order valence-electron chi connectivity index (χ0n) is 15.7. The molecule has 0 bridgehead atoms. The highest BCUT2D eigenvalue weighted by Crippen LogP contribution is 2.37. The average molecular weight is 380 g/mol. The summed E-state index contributed by atoms with van der Waals surface area (Å²) in [5.74, 6) is 0.807. The van der Waals surface area contributed by atoms with E-state index in [1.807, 2.05) is 12.1 Å². The lowest BCUT2D eigenvalue weighted by molar-refractivity contribution is 0.0952. The Morgan fingerprint density at radius 1 is 1.00 bits per heavy atom. The molecule has 7 heteroatoms. The van der Waals surface area contributed by atoms with E-state index in [0.717, 1.165) is 5.39 Å². The van der Waals surface area contributed by atoms with E-state index in [1.165, 1.54) is 27.5 Å². The van der Waals surface area contributed by atoms with Crippen molar-refractivity contribution in [3.05, 3.63) is 59.7 Å². The molecule has 7 nitrogen and oxygen atoms in total. The quantitative estimate of drug-likeness (QED) is 0.506. The van der Waals surface area contributed by atoms with Gasteiger partial charge in [0, 0.05) is 10.9 Å². The van der Waals surface area contributed by atoms with E-state index >= 15 is 0 Å². The molecule has 0 saturated carbocycles. The Hall–Kier alpha value is -3.74. The van der Waals surface area contributed by atoms with Crippen molar-refractivity contribution in [3.63, 3.8) is 0 Å². The molecule has 2 N–H and O–H groups in total. The lowest BCUT2D eigenvalue weighted by Crippen LogP contribution is -2.17. The molecule has 0 aromatic heterocycles. The second-order valence-corrected chi connectivity index (χ2v) is 5.84. The van der Waals surface area contributed by atoms with Crippen molar-refractivity contribution in [2.75, 3.05) is 21.3 Å². The van der Waals surface area contributed by atoms with Crippen LogP contribution < -0.4 is 19.6 Å². The highest BCUT2D eigenvalue weighted by atomic mass is 16.5. The minimum Gasteiger partial charge on any atom is -0.506 e. The molecular weight excluding hydrogens is 360 g/mol. The Bertz CT molecular complexity index is 1020. The number of hydrazone groups is 1. The van der Waals surface area contributed by atoms with Crippen LogP contribution >= 0.6 is 0 Å². The smallest absolute Gasteiger partial charge is 0.275 e. The van der Waals surface area contributed by atoms with Gasteiger partial charge in [0.2, 0.25) is 5.75 Å². The number of methoxy groups -OCH3 is 3. The van der Waals surface area contributed by atoms with Gasteiger partial charge in [-0.15, -0.1) is 0 Å². The van der Waals surface area contributed by atoms with Gasteiger partial charge in [0.05, 0.1) is 33.1 Å². The first-order valence-corrected chi connectivity index (χ1v) is 8.43. The predicted octanol–water partition coefficient (Wildman–Crippen LogP) is 3.34. The van der Waals surface area contributed by atoms with E-state index in [-0.39, 0.29) is 11.3 Å². The first-order valence-electron chi connectivity index (χ1n) is 8.43. The fraction of sp³-hybridized carbons (Fsp3) is 0.143. The number of phenols is 1. The summed E-state index contributed by atoms with van der Waals surface area (Å²) in [6.45, 7) is 0. The molecule has 0 fully saturated rings. The Labute approximate surface area is 162 Å². The summed E-state index contributed by atoms with van der Waals surface area (Å²) in [5, 5.41) is 15.8. The minimum absolute atomic E-state index is 0.0846. The minimum atomic E-state index is -0.521. The van der Waals surface area contributed by atoms with E-state index in [2.05, 4.69) is 10.5 Å². The van der Waals surface area contributed by atoms with Crippen LogP contribution in [0.25, 0.3) is 10.8 Å². The van der Waals surface area contributed by atoms with Crippen molar-refractivity contribution in [1.82, 2.24) is 5.43 Å². The number of fused-ring (bicyclic) bond motifs is 1. The SMILES string of the molecule is COc1cc(/C=N/NC(=O)c2ccc3ccccc3c2O)cc(OC)c1OC. The zero-order chi connectivity index (χ0) is 20.1. The predicted molar refractivity (Wildman–Crippen MR) is 107 cm³/mol. The number of nitrogens with one attached hydrogen (secondary N) is 1. The van der Waals surface area contributed by atoms with Gasteiger partial charge < -0.3 is 19.3 Å². The average Bonchev–Trinajstić information content (AvgIpc) is 2.73. The summed E-state index contributed by atoms with van der Waals surface area (Å²) in [5.41, 5.74) is 3.19. The maximum Gasteiger partial charge on any atom is 0.275 e. The second kappa shape index (κ2) is 8.30. The summed E-state index contributed by atoms with van der Waals surface area (Å²) >= 11 is 0. The largest absolute Gasteiger partial charge is 0.506 e. The number of benzene rings is 3. The summed E-state index contributed by atoms with van der Waals surface area (Å²) < 4.78 is 15.8. The molecule has 0 atom stereocenters. The Morgan fingerprint density at radius 2 is 1.68 bits per heavy atom. The van der Waals surface area contributed by atoms with E-state index < -0.39 is 5.91 Å². The number of amides is 1. The van der Waals surface area contributed by atoms with Gasteiger partial charge in [-0.25, -0.2) is 5.43 Å². The number of rotatable bonds is 6. The molecule has 144 valence electrons. The van der Waals surface area contributed by atoms with E-state index in [0.29, 0.717) is 28.2 Å². The van der Waals surface area contributed by atoms with Gasteiger partial charge in [0.25, 0.3) is 5.91 Å². The Balaban J connectivity index is 1.81. The molecule has 3 rings (SSSR count). The summed E-state index contributed by atoms with van der Waals surface area (Å²) in [4.78, 5) is 12.4. The number of carbonyl (C=O) groups is 1. The molecule has 0 aliphatic rings. The summed E-state index contributed by atoms with van der Waals surface area (Å²) in [6.07, 6.45) is 1.44. The van der Waals surface area contributed by atoms with Gasteiger partial charge in [-0.2, -0.15) is 5.10 Å². The van der Waals surface area contributed by atoms with Gasteiger partial charge in [0.1, 0.15) is 5.75 Å². The molecule has 0 radical (unpaired) electrons. The third-order valence-corrected chi connectivity index (χ3v) is 4.21. The molecule has 0 unspecified atom stereocenters. The number of carbonyl (C=O) groups excluding carboxylic acids is 1. The molecule has 0 aliphatic carbocycles. The maximum absolute atomic E-state index is 12.4. The third-order valence-electron chi connectivity index (χ3n) is 4.21. The van der Waals surface area contributed by atoms with Crippen LogP contribution in [0.4, 0.5) is 0 Å². The monoisotopic (exact) mass is 380 g/mol. The normalized spacial score (nSPS) is 10.8. The van der Waals surface area contributed by atoms with Crippen molar-refractivity contribution in [1.29, 1.82) is 0 Å². The Morgan fingerprint density at radius 3 is 2.32 bits per heavy atom. The van der Waals surface area contributed by atoms with Gasteiger partial charge in [-0.3, -0.25) is 4.79 Å².